The van der Waals surface area contributed by atoms with Gasteiger partial charge in [-0.15, -0.1) is 11.3 Å². The van der Waals surface area contributed by atoms with Crippen LogP contribution in [0.2, 0.25) is 0 Å². The molecule has 0 aliphatic heterocycles. The molecule has 0 atom stereocenters. The number of hydrogen-bond acceptors (Lipinski definition) is 4. The second-order valence-corrected chi connectivity index (χ2v) is 6.50. The molecule has 5 heteroatoms. The maximum Gasteiger partial charge on any atom is 0.273 e. The predicted octanol–water partition coefficient (Wildman–Crippen LogP) is 3.04. The summed E-state index contributed by atoms with van der Waals surface area (Å²) >= 11 is 1.47. The maximum absolute atomic E-state index is 12.5. The second-order valence-electron chi connectivity index (χ2n) is 5.56. The molecule has 0 aliphatic rings. The molecule has 0 N–H and O–H groups in total. The molecule has 0 aromatic carbocycles. The molecule has 0 unspecified atom stereocenters. The third-order valence-electron chi connectivity index (χ3n) is 2.50. The van der Waals surface area contributed by atoms with Gasteiger partial charge in [0, 0.05) is 25.6 Å². The number of rotatable bonds is 7. The summed E-state index contributed by atoms with van der Waals surface area (Å²) in [5, 5.41) is 2.67. The smallest absolute Gasteiger partial charge is 0.273 e. The first-order valence-corrected chi connectivity index (χ1v) is 7.54. The molecular formula is C14H24N2O2S. The number of carbonyl (C=O) groups excluding carboxylic acids is 1. The average Bonchev–Trinajstić information content (AvgIpc) is 2.75. The van der Waals surface area contributed by atoms with Crippen LogP contribution in [0.15, 0.2) is 5.38 Å². The van der Waals surface area contributed by atoms with Gasteiger partial charge in [0.15, 0.2) is 0 Å². The van der Waals surface area contributed by atoms with E-state index in [1.165, 1.54) is 11.3 Å². The molecule has 4 nitrogen and oxygen atoms in total. The van der Waals surface area contributed by atoms with Gasteiger partial charge in [-0.1, -0.05) is 27.7 Å². The highest BCUT2D eigenvalue weighted by Gasteiger charge is 2.20. The summed E-state index contributed by atoms with van der Waals surface area (Å²) < 4.78 is 5.03. The van der Waals surface area contributed by atoms with Crippen LogP contribution in [0.1, 0.15) is 43.2 Å². The lowest BCUT2D eigenvalue weighted by Gasteiger charge is -2.25. The van der Waals surface area contributed by atoms with Crippen LogP contribution in [-0.2, 0) is 11.3 Å². The minimum atomic E-state index is 0.0287. The average molecular weight is 284 g/mol. The molecule has 0 bridgehead atoms. The zero-order valence-corrected chi connectivity index (χ0v) is 13.3. The summed E-state index contributed by atoms with van der Waals surface area (Å²) in [6.07, 6.45) is 0. The van der Waals surface area contributed by atoms with E-state index in [9.17, 15) is 4.79 Å². The van der Waals surface area contributed by atoms with Crippen molar-refractivity contribution in [2.45, 2.75) is 34.3 Å². The van der Waals surface area contributed by atoms with Gasteiger partial charge in [0.2, 0.25) is 0 Å². The fraction of sp³-hybridized carbons (Fsp3) is 0.714. The highest BCUT2D eigenvalue weighted by atomic mass is 32.1. The van der Waals surface area contributed by atoms with E-state index in [0.717, 1.165) is 18.1 Å². The first-order chi connectivity index (χ1) is 8.93. The van der Waals surface area contributed by atoms with Crippen molar-refractivity contribution in [1.82, 2.24) is 9.88 Å². The lowest BCUT2D eigenvalue weighted by molar-refractivity contribution is 0.0709. The number of nitrogens with zero attached hydrogens (tertiary/aromatic N) is 2. The molecule has 1 aromatic rings. The summed E-state index contributed by atoms with van der Waals surface area (Å²) in [6, 6.07) is 0. The highest BCUT2D eigenvalue weighted by molar-refractivity contribution is 7.09. The third-order valence-corrected chi connectivity index (χ3v) is 3.32. The van der Waals surface area contributed by atoms with E-state index < -0.39 is 0 Å². The number of carbonyl (C=O) groups is 1. The summed E-state index contributed by atoms with van der Waals surface area (Å²) in [6.45, 7) is 10.5. The Morgan fingerprint density at radius 3 is 2.37 bits per heavy atom. The molecule has 0 saturated heterocycles. The van der Waals surface area contributed by atoms with E-state index in [4.69, 9.17) is 4.74 Å². The van der Waals surface area contributed by atoms with Crippen molar-refractivity contribution in [1.29, 1.82) is 0 Å². The molecule has 0 aliphatic carbocycles. The molecule has 0 spiro atoms. The molecule has 1 aromatic heterocycles. The molecular weight excluding hydrogens is 260 g/mol. The van der Waals surface area contributed by atoms with Crippen LogP contribution >= 0.6 is 11.3 Å². The van der Waals surface area contributed by atoms with Crippen molar-refractivity contribution >= 4 is 17.2 Å². The summed E-state index contributed by atoms with van der Waals surface area (Å²) in [4.78, 5) is 18.7. The Morgan fingerprint density at radius 2 is 1.89 bits per heavy atom. The van der Waals surface area contributed by atoms with Gasteiger partial charge in [-0.3, -0.25) is 4.79 Å². The van der Waals surface area contributed by atoms with Crippen LogP contribution in [0.5, 0.6) is 0 Å². The number of thiazole rings is 1. The Kier molecular flexibility index (Phi) is 6.45. The lowest BCUT2D eigenvalue weighted by atomic mass is 10.1. The van der Waals surface area contributed by atoms with Crippen LogP contribution < -0.4 is 0 Å². The molecule has 1 rings (SSSR count). The largest absolute Gasteiger partial charge is 0.378 e. The third kappa shape index (κ3) is 5.28. The van der Waals surface area contributed by atoms with Crippen LogP contribution in [0, 0.1) is 11.8 Å². The first kappa shape index (κ1) is 16.1. The van der Waals surface area contributed by atoms with Crippen molar-refractivity contribution in [3.63, 3.8) is 0 Å². The summed E-state index contributed by atoms with van der Waals surface area (Å²) in [7, 11) is 1.63. The van der Waals surface area contributed by atoms with Gasteiger partial charge in [-0.05, 0) is 11.8 Å². The molecule has 108 valence electrons. The van der Waals surface area contributed by atoms with E-state index in [-0.39, 0.29) is 5.91 Å². The minimum Gasteiger partial charge on any atom is -0.378 e. The lowest BCUT2D eigenvalue weighted by Crippen LogP contribution is -2.37. The Balaban J connectivity index is 2.78. The van der Waals surface area contributed by atoms with Crippen LogP contribution in [0.4, 0.5) is 0 Å². The molecule has 0 saturated carbocycles. The van der Waals surface area contributed by atoms with Gasteiger partial charge in [0.1, 0.15) is 10.7 Å². The zero-order valence-electron chi connectivity index (χ0n) is 12.5. The molecule has 1 heterocycles. The number of methoxy groups -OCH3 is 1. The van der Waals surface area contributed by atoms with E-state index in [0.29, 0.717) is 24.1 Å². The number of hydrogen-bond donors (Lipinski definition) is 0. The number of ether oxygens (including phenoxy) is 1. The first-order valence-electron chi connectivity index (χ1n) is 6.66. The van der Waals surface area contributed by atoms with Crippen molar-refractivity contribution < 1.29 is 9.53 Å². The van der Waals surface area contributed by atoms with E-state index in [1.807, 2.05) is 10.3 Å². The quantitative estimate of drug-likeness (QED) is 0.773. The monoisotopic (exact) mass is 284 g/mol. The zero-order chi connectivity index (χ0) is 14.4. The summed E-state index contributed by atoms with van der Waals surface area (Å²) in [5.74, 6) is 0.945. The Hall–Kier alpha value is -0.940. The SMILES string of the molecule is COCc1nc(C(=O)N(CC(C)C)CC(C)C)cs1. The van der Waals surface area contributed by atoms with Crippen molar-refractivity contribution in [3.8, 4) is 0 Å². The van der Waals surface area contributed by atoms with Crippen molar-refractivity contribution in [3.05, 3.63) is 16.1 Å². The van der Waals surface area contributed by atoms with Gasteiger partial charge in [0.05, 0.1) is 6.61 Å². The normalized spacial score (nSPS) is 11.3. The van der Waals surface area contributed by atoms with Gasteiger partial charge in [0.25, 0.3) is 5.91 Å². The number of aromatic nitrogens is 1. The Morgan fingerprint density at radius 1 is 1.32 bits per heavy atom. The predicted molar refractivity (Wildman–Crippen MR) is 78.4 cm³/mol. The fourth-order valence-corrected chi connectivity index (χ4v) is 2.62. The van der Waals surface area contributed by atoms with Crippen molar-refractivity contribution in [2.24, 2.45) is 11.8 Å². The van der Waals surface area contributed by atoms with Crippen LogP contribution in [0.25, 0.3) is 0 Å². The molecule has 19 heavy (non-hydrogen) atoms. The van der Waals surface area contributed by atoms with Crippen molar-refractivity contribution in [2.75, 3.05) is 20.2 Å². The van der Waals surface area contributed by atoms with Gasteiger partial charge in [-0.2, -0.15) is 0 Å². The molecule has 0 radical (unpaired) electrons. The molecule has 0 fully saturated rings. The van der Waals surface area contributed by atoms with Gasteiger partial charge in [-0.25, -0.2) is 4.98 Å². The van der Waals surface area contributed by atoms with Gasteiger partial charge < -0.3 is 9.64 Å². The van der Waals surface area contributed by atoms with E-state index >= 15 is 0 Å². The molecule has 1 amide bonds. The number of amides is 1. The Bertz CT molecular complexity index is 392. The second kappa shape index (κ2) is 7.60. The van der Waals surface area contributed by atoms with E-state index in [1.54, 1.807) is 7.11 Å². The highest BCUT2D eigenvalue weighted by Crippen LogP contribution is 2.14. The summed E-state index contributed by atoms with van der Waals surface area (Å²) in [5.41, 5.74) is 0.540. The van der Waals surface area contributed by atoms with Crippen LogP contribution in [-0.4, -0.2) is 36.0 Å². The topological polar surface area (TPSA) is 42.4 Å². The Labute approximate surface area is 119 Å². The van der Waals surface area contributed by atoms with Gasteiger partial charge >= 0.3 is 0 Å². The minimum absolute atomic E-state index is 0.0287. The fourth-order valence-electron chi connectivity index (χ4n) is 1.88. The van der Waals surface area contributed by atoms with Crippen LogP contribution in [0.3, 0.4) is 0 Å². The maximum atomic E-state index is 12.5. The van der Waals surface area contributed by atoms with E-state index in [2.05, 4.69) is 32.7 Å². The standard InChI is InChI=1S/C14H24N2O2S/c1-10(2)6-16(7-11(3)4)14(17)12-9-19-13(15-12)8-18-5/h9-11H,6-8H2,1-5H3.